The Morgan fingerprint density at radius 2 is 1.40 bits per heavy atom. The molecular weight excluding hydrogens is 994 g/mol. The maximum Gasteiger partial charge on any atom is 0.341 e. The molecule has 4 heterocycles. The summed E-state index contributed by atoms with van der Waals surface area (Å²) >= 11 is 0. The van der Waals surface area contributed by atoms with Gasteiger partial charge in [-0.1, -0.05) is 134 Å². The minimum Gasteiger partial charge on any atom is -0.482 e. The number of ether oxygens (including phenoxy) is 1. The number of fused-ring (bicyclic) bond motifs is 3. The van der Waals surface area contributed by atoms with Crippen LogP contribution in [0.3, 0.4) is 0 Å². The Hall–Kier alpha value is -7.48. The number of furan rings is 1. The average molecular weight is 1070 g/mol. The van der Waals surface area contributed by atoms with Crippen molar-refractivity contribution in [3.63, 3.8) is 0 Å². The fourth-order valence-electron chi connectivity index (χ4n) is 7.66. The molecule has 2 amide bonds. The van der Waals surface area contributed by atoms with Crippen LogP contribution in [0, 0.1) is 35.2 Å². The molecule has 0 spiro atoms. The fraction of sp³-hybridized carbons (Fsp3) is 0.391. The monoisotopic (exact) mass is 1070 g/mol. The maximum absolute atomic E-state index is 14.4. The third-order valence-electron chi connectivity index (χ3n) is 12.4. The number of allylic oxidation sites excluding steroid dienone is 1. The second kappa shape index (κ2) is 24.5. The number of pyridine rings is 2. The van der Waals surface area contributed by atoms with Crippen molar-refractivity contribution < 1.29 is 41.8 Å². The predicted octanol–water partition coefficient (Wildman–Crippen LogP) is 15.9. The second-order valence-electron chi connectivity index (χ2n) is 24.9. The van der Waals surface area contributed by atoms with Gasteiger partial charge in [0.05, 0.1) is 11.2 Å². The number of anilines is 2. The number of hydrogen-bond donors (Lipinski definition) is 3. The highest BCUT2D eigenvalue weighted by atomic mass is 19.1. The number of carboxylic acids is 1. The van der Waals surface area contributed by atoms with Crippen LogP contribution in [-0.2, 0) is 25.8 Å². The van der Waals surface area contributed by atoms with Crippen LogP contribution >= 0.6 is 0 Å². The van der Waals surface area contributed by atoms with E-state index in [0.717, 1.165) is 47.8 Å². The Morgan fingerprint density at radius 3 is 1.96 bits per heavy atom. The highest BCUT2D eigenvalue weighted by Gasteiger charge is 2.29. The second-order valence-corrected chi connectivity index (χ2v) is 24.9. The summed E-state index contributed by atoms with van der Waals surface area (Å²) in [6, 6.07) is 26.3. The van der Waals surface area contributed by atoms with Gasteiger partial charge < -0.3 is 29.5 Å². The molecule has 14 heteroatoms. The molecule has 1 aliphatic carbocycles. The Labute approximate surface area is 457 Å². The van der Waals surface area contributed by atoms with Crippen LogP contribution in [0.1, 0.15) is 161 Å². The van der Waals surface area contributed by atoms with Gasteiger partial charge in [0.15, 0.2) is 6.61 Å². The van der Waals surface area contributed by atoms with Crippen molar-refractivity contribution in [2.24, 2.45) is 10.8 Å². The van der Waals surface area contributed by atoms with E-state index >= 15 is 0 Å². The smallest absolute Gasteiger partial charge is 0.341 e. The van der Waals surface area contributed by atoms with Crippen LogP contribution in [0.25, 0.3) is 27.9 Å². The van der Waals surface area contributed by atoms with E-state index in [9.17, 15) is 37.5 Å². The summed E-state index contributed by atoms with van der Waals surface area (Å²) in [7, 11) is 0. The summed E-state index contributed by atoms with van der Waals surface area (Å²) < 4.78 is 53.0. The van der Waals surface area contributed by atoms with E-state index in [1.165, 1.54) is 34.8 Å². The lowest BCUT2D eigenvalue weighted by Crippen LogP contribution is -2.27. The molecule has 0 atom stereocenters. The van der Waals surface area contributed by atoms with Crippen molar-refractivity contribution in [2.75, 3.05) is 17.2 Å². The molecule has 0 radical (unpaired) electrons. The summed E-state index contributed by atoms with van der Waals surface area (Å²) in [6.45, 7) is 32.5. The molecular formula is C64H77F3N4O7. The molecule has 7 aromatic rings. The molecule has 78 heavy (non-hydrogen) atoms. The molecule has 1 aliphatic heterocycles. The van der Waals surface area contributed by atoms with E-state index in [1.807, 2.05) is 110 Å². The molecule has 1 fully saturated rings. The molecule has 11 nitrogen and oxygen atoms in total. The Balaban J connectivity index is 0.000000183. The number of nitrogens with one attached hydrogen (secondary N) is 2. The van der Waals surface area contributed by atoms with Gasteiger partial charge in [-0.05, 0) is 131 Å². The number of nitrogens with zero attached hydrogens (tertiary/aromatic N) is 2. The Bertz CT molecular complexity index is 3360. The first kappa shape index (κ1) is 61.4. The zero-order chi connectivity index (χ0) is 58.3. The zero-order valence-electron chi connectivity index (χ0n) is 48.1. The lowest BCUT2D eigenvalue weighted by molar-refractivity contribution is -0.123. The van der Waals surface area contributed by atoms with Crippen molar-refractivity contribution in [1.29, 1.82) is 0 Å². The third-order valence-corrected chi connectivity index (χ3v) is 12.4. The van der Waals surface area contributed by atoms with Gasteiger partial charge in [0, 0.05) is 40.2 Å². The van der Waals surface area contributed by atoms with Crippen LogP contribution < -0.4 is 20.8 Å². The molecule has 3 aromatic heterocycles. The largest absolute Gasteiger partial charge is 0.482 e. The topological polar surface area (TPSA) is 153 Å². The Morgan fingerprint density at radius 1 is 0.756 bits per heavy atom. The first-order valence-corrected chi connectivity index (χ1v) is 26.1. The molecule has 3 N–H and O–H groups in total. The van der Waals surface area contributed by atoms with Gasteiger partial charge >= 0.3 is 5.97 Å². The van der Waals surface area contributed by atoms with E-state index in [2.05, 4.69) is 81.4 Å². The SMILES string of the molecule is CC(C)(C)/C=C/c1cc(F)ccc1F.CC(C)(C)C(=O)Nc1ccccn1.CC(C)(C)c1cc2c(cc1F)c(=O)c(C(=O)O)cn2C1CC1.CC(C)(C)c1ccc2c(c1)OCC(=O)N2.Cc1cc2cc(C(C)(C)C)ccc2o1. The van der Waals surface area contributed by atoms with Gasteiger partial charge in [-0.25, -0.2) is 22.9 Å². The minimum absolute atomic E-state index is 0.0220. The molecule has 2 aliphatic rings. The molecule has 4 aromatic carbocycles. The predicted molar refractivity (Wildman–Crippen MR) is 308 cm³/mol. The number of carboxylic acid groups (broad SMARTS) is 1. The van der Waals surface area contributed by atoms with Crippen LogP contribution in [0.15, 0.2) is 119 Å². The standard InChI is InChI=1S/C17H18FNO3.C13H16O.C12H14F2.C12H15NO2.C10H14N2O/c1-17(2,3)12-7-14-10(6-13(12)18)15(20)11(16(21)22)8-19(14)9-4-5-9;1-9-7-10-8-11(13(2,3)4)5-6-12(10)14-9;1-12(2,3)7-6-9-8-10(13)4-5-11(9)14;1-12(2,3)8-4-5-9-10(6-8)15-7-11(14)13-9;1-10(2,3)9(13)12-8-6-4-5-7-11-8/h6-9H,4-5H2,1-3H3,(H,21,22);5-8H,1-4H3;4-8H,1-3H3;4-6H,7H2,1-3H3,(H,13,14);4-7H,1-3H3,(H,11,12,13)/b;;7-6+;;. The number of carbonyl (C=O) groups excluding carboxylic acids is 2. The number of halogens is 3. The van der Waals surface area contributed by atoms with Crippen LogP contribution in [0.2, 0.25) is 0 Å². The van der Waals surface area contributed by atoms with Gasteiger partial charge in [-0.3, -0.25) is 14.4 Å². The molecule has 9 rings (SSSR count). The first-order valence-electron chi connectivity index (χ1n) is 26.1. The van der Waals surface area contributed by atoms with E-state index < -0.39 is 34.3 Å². The van der Waals surface area contributed by atoms with Crippen molar-refractivity contribution in [1.82, 2.24) is 9.55 Å². The highest BCUT2D eigenvalue weighted by Crippen LogP contribution is 2.39. The number of benzene rings is 4. The summed E-state index contributed by atoms with van der Waals surface area (Å²) in [4.78, 5) is 50.1. The third kappa shape index (κ3) is 17.5. The van der Waals surface area contributed by atoms with E-state index in [-0.39, 0.29) is 57.1 Å². The van der Waals surface area contributed by atoms with Crippen molar-refractivity contribution in [3.05, 3.63) is 171 Å². The lowest BCUT2D eigenvalue weighted by atomic mass is 9.86. The van der Waals surface area contributed by atoms with Crippen LogP contribution in [0.4, 0.5) is 24.7 Å². The number of rotatable bonds is 4. The fourth-order valence-corrected chi connectivity index (χ4v) is 7.66. The van der Waals surface area contributed by atoms with E-state index in [0.29, 0.717) is 22.5 Å². The van der Waals surface area contributed by atoms with E-state index in [1.54, 1.807) is 24.4 Å². The molecule has 0 bridgehead atoms. The summed E-state index contributed by atoms with van der Waals surface area (Å²) in [6.07, 6.45) is 8.40. The van der Waals surface area contributed by atoms with Crippen molar-refractivity contribution in [2.45, 2.75) is 146 Å². The summed E-state index contributed by atoms with van der Waals surface area (Å²) in [5.41, 5.74) is 4.31. The number of aryl methyl sites for hydroxylation is 1. The summed E-state index contributed by atoms with van der Waals surface area (Å²) in [5.74, 6) is -0.330. The van der Waals surface area contributed by atoms with Gasteiger partial charge in [0.2, 0.25) is 11.3 Å². The van der Waals surface area contributed by atoms with Gasteiger partial charge in [-0.15, -0.1) is 0 Å². The normalized spacial score (nSPS) is 13.5. The minimum atomic E-state index is -1.28. The number of carbonyl (C=O) groups is 3. The highest BCUT2D eigenvalue weighted by molar-refractivity contribution is 5.96. The average Bonchev–Trinajstić information content (AvgIpc) is 4.10. The molecule has 416 valence electrons. The number of aromatic carboxylic acids is 1. The maximum atomic E-state index is 14.4. The molecule has 1 saturated carbocycles. The number of aromatic nitrogens is 2. The Kier molecular flexibility index (Phi) is 19.2. The van der Waals surface area contributed by atoms with Gasteiger partial charge in [0.1, 0.15) is 45.9 Å². The number of hydrogen-bond acceptors (Lipinski definition) is 7. The summed E-state index contributed by atoms with van der Waals surface area (Å²) in [5, 5.41) is 16.0. The van der Waals surface area contributed by atoms with Gasteiger partial charge in [-0.2, -0.15) is 0 Å². The zero-order valence-corrected chi connectivity index (χ0v) is 48.1. The van der Waals surface area contributed by atoms with E-state index in [4.69, 9.17) is 9.15 Å². The van der Waals surface area contributed by atoms with Crippen LogP contribution in [0.5, 0.6) is 5.75 Å². The number of amides is 2. The first-order chi connectivity index (χ1) is 36.0. The molecule has 0 unspecified atom stereocenters. The molecule has 0 saturated heterocycles. The van der Waals surface area contributed by atoms with Crippen molar-refractivity contribution >= 4 is 57.2 Å². The quantitative estimate of drug-likeness (QED) is 0.158. The van der Waals surface area contributed by atoms with Crippen LogP contribution in [-0.4, -0.2) is 39.0 Å². The van der Waals surface area contributed by atoms with Crippen molar-refractivity contribution in [3.8, 4) is 5.75 Å². The lowest BCUT2D eigenvalue weighted by Gasteiger charge is -2.23. The van der Waals surface area contributed by atoms with Gasteiger partial charge in [0.25, 0.3) is 5.91 Å².